The number of nitrogens with zero attached hydrogens (tertiary/aromatic N) is 1. The summed E-state index contributed by atoms with van der Waals surface area (Å²) in [5.74, 6) is 2.66. The quantitative estimate of drug-likeness (QED) is 0.525. The highest BCUT2D eigenvalue weighted by molar-refractivity contribution is 5.85. The van der Waals surface area contributed by atoms with Gasteiger partial charge >= 0.3 is 0 Å². The normalized spacial score (nSPS) is 19.1. The molecular weight excluding hydrogens is 146 g/mol. The van der Waals surface area contributed by atoms with E-state index >= 15 is 0 Å². The van der Waals surface area contributed by atoms with Gasteiger partial charge in [-0.1, -0.05) is 12.3 Å². The standard InChI is InChI=1S/C8H13N.ClH/c1-2-6-9-7-4-3-5-8-9;/h1H,3-8H2;1H. The van der Waals surface area contributed by atoms with E-state index in [1.165, 1.54) is 32.4 Å². The molecule has 58 valence electrons. The summed E-state index contributed by atoms with van der Waals surface area (Å²) in [5.41, 5.74) is 0. The van der Waals surface area contributed by atoms with Crippen molar-refractivity contribution < 1.29 is 0 Å². The predicted molar refractivity (Wildman–Crippen MR) is 46.4 cm³/mol. The highest BCUT2D eigenvalue weighted by Gasteiger charge is 2.06. The van der Waals surface area contributed by atoms with E-state index in [0.717, 1.165) is 6.54 Å². The van der Waals surface area contributed by atoms with Crippen LogP contribution in [0.5, 0.6) is 0 Å². The average Bonchev–Trinajstić information content (AvgIpc) is 1.91. The van der Waals surface area contributed by atoms with Crippen LogP contribution in [-0.4, -0.2) is 24.5 Å². The van der Waals surface area contributed by atoms with E-state index in [-0.39, 0.29) is 12.4 Å². The van der Waals surface area contributed by atoms with Crippen LogP contribution in [0.4, 0.5) is 0 Å². The van der Waals surface area contributed by atoms with Crippen molar-refractivity contribution >= 4 is 12.4 Å². The molecule has 1 rings (SSSR count). The summed E-state index contributed by atoms with van der Waals surface area (Å²) in [7, 11) is 0. The molecule has 1 fully saturated rings. The van der Waals surface area contributed by atoms with Gasteiger partial charge in [-0.2, -0.15) is 0 Å². The van der Waals surface area contributed by atoms with Crippen LogP contribution in [-0.2, 0) is 0 Å². The Hall–Kier alpha value is -0.190. The molecule has 0 aliphatic carbocycles. The molecule has 0 spiro atoms. The van der Waals surface area contributed by atoms with Crippen molar-refractivity contribution in [3.05, 3.63) is 0 Å². The van der Waals surface area contributed by atoms with Crippen molar-refractivity contribution in [1.82, 2.24) is 4.90 Å². The van der Waals surface area contributed by atoms with Crippen molar-refractivity contribution in [3.8, 4) is 12.3 Å². The molecule has 0 bridgehead atoms. The Morgan fingerprint density at radius 2 is 1.80 bits per heavy atom. The number of likely N-dealkylation sites (tertiary alicyclic amines) is 1. The molecule has 0 aromatic carbocycles. The van der Waals surface area contributed by atoms with E-state index in [2.05, 4.69) is 10.8 Å². The third kappa shape index (κ3) is 3.10. The molecule has 0 aromatic heterocycles. The lowest BCUT2D eigenvalue weighted by Crippen LogP contribution is -2.29. The zero-order valence-electron chi connectivity index (χ0n) is 6.18. The van der Waals surface area contributed by atoms with Crippen molar-refractivity contribution in [1.29, 1.82) is 0 Å². The molecule has 0 saturated carbocycles. The number of terminal acetylenes is 1. The van der Waals surface area contributed by atoms with Crippen LogP contribution in [0, 0.1) is 12.3 Å². The summed E-state index contributed by atoms with van der Waals surface area (Å²) < 4.78 is 0. The largest absolute Gasteiger partial charge is 0.292 e. The van der Waals surface area contributed by atoms with Crippen molar-refractivity contribution in [3.63, 3.8) is 0 Å². The van der Waals surface area contributed by atoms with Crippen molar-refractivity contribution in [2.45, 2.75) is 19.3 Å². The van der Waals surface area contributed by atoms with Crippen LogP contribution in [0.3, 0.4) is 0 Å². The average molecular weight is 160 g/mol. The number of halogens is 1. The molecule has 1 nitrogen and oxygen atoms in total. The lowest BCUT2D eigenvalue weighted by Gasteiger charge is -2.23. The summed E-state index contributed by atoms with van der Waals surface area (Å²) >= 11 is 0. The number of hydrogen-bond acceptors (Lipinski definition) is 1. The fourth-order valence-corrected chi connectivity index (χ4v) is 1.25. The third-order valence-corrected chi connectivity index (χ3v) is 1.76. The van der Waals surface area contributed by atoms with E-state index in [1.807, 2.05) is 0 Å². The van der Waals surface area contributed by atoms with Crippen LogP contribution in [0.1, 0.15) is 19.3 Å². The molecule has 2 heteroatoms. The maximum absolute atomic E-state index is 5.17. The van der Waals surface area contributed by atoms with Gasteiger partial charge in [-0.05, 0) is 25.9 Å². The Morgan fingerprint density at radius 3 is 2.30 bits per heavy atom. The van der Waals surface area contributed by atoms with Gasteiger partial charge in [0.2, 0.25) is 0 Å². The zero-order valence-corrected chi connectivity index (χ0v) is 6.99. The minimum Gasteiger partial charge on any atom is -0.292 e. The van der Waals surface area contributed by atoms with Crippen molar-refractivity contribution in [2.75, 3.05) is 19.6 Å². The first-order valence-electron chi connectivity index (χ1n) is 3.59. The minimum absolute atomic E-state index is 0. The Balaban J connectivity index is 0.000000810. The Bertz CT molecular complexity index is 111. The second kappa shape index (κ2) is 5.58. The minimum atomic E-state index is 0. The third-order valence-electron chi connectivity index (χ3n) is 1.76. The van der Waals surface area contributed by atoms with Gasteiger partial charge in [-0.15, -0.1) is 18.8 Å². The first kappa shape index (κ1) is 9.81. The molecule has 0 aromatic rings. The molecule has 1 aliphatic rings. The fourth-order valence-electron chi connectivity index (χ4n) is 1.25. The number of rotatable bonds is 1. The lowest BCUT2D eigenvalue weighted by atomic mass is 10.1. The highest BCUT2D eigenvalue weighted by Crippen LogP contribution is 2.06. The van der Waals surface area contributed by atoms with Gasteiger partial charge in [0.1, 0.15) is 0 Å². The number of piperidine rings is 1. The second-order valence-corrected chi connectivity index (χ2v) is 2.54. The summed E-state index contributed by atoms with van der Waals surface area (Å²) in [6.07, 6.45) is 9.23. The Labute approximate surface area is 69.2 Å². The van der Waals surface area contributed by atoms with E-state index < -0.39 is 0 Å². The van der Waals surface area contributed by atoms with Gasteiger partial charge in [0.25, 0.3) is 0 Å². The van der Waals surface area contributed by atoms with Gasteiger partial charge in [-0.25, -0.2) is 0 Å². The van der Waals surface area contributed by atoms with E-state index in [1.54, 1.807) is 0 Å². The van der Waals surface area contributed by atoms with Gasteiger partial charge in [0, 0.05) is 0 Å². The highest BCUT2D eigenvalue weighted by atomic mass is 35.5. The first-order chi connectivity index (χ1) is 4.43. The summed E-state index contributed by atoms with van der Waals surface area (Å²) in [4.78, 5) is 2.34. The molecule has 0 radical (unpaired) electrons. The summed E-state index contributed by atoms with van der Waals surface area (Å²) in [6, 6.07) is 0. The van der Waals surface area contributed by atoms with E-state index in [4.69, 9.17) is 6.42 Å². The first-order valence-corrected chi connectivity index (χ1v) is 3.59. The molecular formula is C8H14ClN. The maximum Gasteiger partial charge on any atom is 0.0598 e. The summed E-state index contributed by atoms with van der Waals surface area (Å²) in [5, 5.41) is 0. The molecule has 0 amide bonds. The van der Waals surface area contributed by atoms with Gasteiger partial charge < -0.3 is 0 Å². The van der Waals surface area contributed by atoms with Crippen molar-refractivity contribution in [2.24, 2.45) is 0 Å². The van der Waals surface area contributed by atoms with Crippen LogP contribution in [0.15, 0.2) is 0 Å². The van der Waals surface area contributed by atoms with Gasteiger partial charge in [0.15, 0.2) is 0 Å². The van der Waals surface area contributed by atoms with Gasteiger partial charge in [-0.3, -0.25) is 4.90 Å². The second-order valence-electron chi connectivity index (χ2n) is 2.54. The smallest absolute Gasteiger partial charge is 0.0598 e. The van der Waals surface area contributed by atoms with Crippen LogP contribution in [0.25, 0.3) is 0 Å². The van der Waals surface area contributed by atoms with Gasteiger partial charge in [0.05, 0.1) is 6.54 Å². The monoisotopic (exact) mass is 159 g/mol. The van der Waals surface area contributed by atoms with Crippen LogP contribution < -0.4 is 0 Å². The molecule has 0 atom stereocenters. The molecule has 1 heterocycles. The van der Waals surface area contributed by atoms with Crippen LogP contribution in [0.2, 0.25) is 0 Å². The molecule has 0 N–H and O–H groups in total. The lowest BCUT2D eigenvalue weighted by molar-refractivity contribution is 0.255. The predicted octanol–water partition coefficient (Wildman–Crippen LogP) is 1.53. The summed E-state index contributed by atoms with van der Waals surface area (Å²) in [6.45, 7) is 3.27. The molecule has 10 heavy (non-hydrogen) atoms. The zero-order chi connectivity index (χ0) is 6.53. The van der Waals surface area contributed by atoms with E-state index in [9.17, 15) is 0 Å². The van der Waals surface area contributed by atoms with Crippen LogP contribution >= 0.6 is 12.4 Å². The Morgan fingerprint density at radius 1 is 1.20 bits per heavy atom. The molecule has 1 saturated heterocycles. The topological polar surface area (TPSA) is 3.24 Å². The maximum atomic E-state index is 5.17. The van der Waals surface area contributed by atoms with E-state index in [0.29, 0.717) is 0 Å². The molecule has 1 aliphatic heterocycles. The molecule has 0 unspecified atom stereocenters. The number of hydrogen-bond donors (Lipinski definition) is 0. The Kier molecular flexibility index (Phi) is 5.48. The SMILES string of the molecule is C#CCN1CCCCC1.Cl. The fraction of sp³-hybridized carbons (Fsp3) is 0.750.